The minimum absolute atomic E-state index is 0.452. The van der Waals surface area contributed by atoms with Crippen molar-refractivity contribution in [3.8, 4) is 0 Å². The first-order valence-corrected chi connectivity index (χ1v) is 8.20. The Bertz CT molecular complexity index is 578. The van der Waals surface area contributed by atoms with E-state index >= 15 is 0 Å². The lowest BCUT2D eigenvalue weighted by atomic mass is 10.0. The Hall–Kier alpha value is -1.97. The van der Waals surface area contributed by atoms with Crippen molar-refractivity contribution < 1.29 is 9.84 Å². The van der Waals surface area contributed by atoms with Gasteiger partial charge in [0.15, 0.2) is 0 Å². The highest BCUT2D eigenvalue weighted by Gasteiger charge is 1.99. The van der Waals surface area contributed by atoms with E-state index in [1.807, 2.05) is 31.3 Å². The van der Waals surface area contributed by atoms with Crippen molar-refractivity contribution >= 4 is 6.08 Å². The van der Waals surface area contributed by atoms with E-state index < -0.39 is 6.10 Å². The summed E-state index contributed by atoms with van der Waals surface area (Å²) in [5.41, 5.74) is 3.67. The molecule has 0 saturated carbocycles. The van der Waals surface area contributed by atoms with Crippen molar-refractivity contribution in [1.82, 2.24) is 4.98 Å². The fraction of sp³-hybridized carbons (Fsp3) is 0.350. The molecule has 1 unspecified atom stereocenters. The summed E-state index contributed by atoms with van der Waals surface area (Å²) in [7, 11) is 0. The van der Waals surface area contributed by atoms with Crippen LogP contribution in [0.5, 0.6) is 0 Å². The molecule has 1 aromatic heterocycles. The number of benzene rings is 1. The fourth-order valence-electron chi connectivity index (χ4n) is 2.30. The van der Waals surface area contributed by atoms with Crippen LogP contribution in [-0.4, -0.2) is 29.4 Å². The molecule has 122 valence electrons. The molecule has 0 spiro atoms. The number of hydrogen-bond donors (Lipinski definition) is 1. The third kappa shape index (κ3) is 6.76. The van der Waals surface area contributed by atoms with Gasteiger partial charge in [-0.15, -0.1) is 0 Å². The van der Waals surface area contributed by atoms with Crippen LogP contribution in [0.4, 0.5) is 0 Å². The van der Waals surface area contributed by atoms with E-state index in [4.69, 9.17) is 4.74 Å². The number of aromatic nitrogens is 1. The molecule has 0 radical (unpaired) electrons. The van der Waals surface area contributed by atoms with Crippen LogP contribution in [0.2, 0.25) is 0 Å². The predicted octanol–water partition coefficient (Wildman–Crippen LogP) is 3.67. The molecule has 0 aliphatic heterocycles. The van der Waals surface area contributed by atoms with Crippen LogP contribution < -0.4 is 0 Å². The maximum atomic E-state index is 9.83. The average molecular weight is 311 g/mol. The zero-order valence-corrected chi connectivity index (χ0v) is 13.7. The average Bonchev–Trinajstić information content (AvgIpc) is 2.60. The maximum absolute atomic E-state index is 9.83. The Morgan fingerprint density at radius 3 is 2.61 bits per heavy atom. The third-order valence-electron chi connectivity index (χ3n) is 3.68. The van der Waals surface area contributed by atoms with Crippen LogP contribution in [0.25, 0.3) is 6.08 Å². The molecule has 1 aromatic carbocycles. The van der Waals surface area contributed by atoms with Gasteiger partial charge in [0.1, 0.15) is 0 Å². The zero-order chi connectivity index (χ0) is 16.3. The zero-order valence-electron chi connectivity index (χ0n) is 13.7. The molecular weight excluding hydrogens is 286 g/mol. The number of hydrogen-bond acceptors (Lipinski definition) is 3. The predicted molar refractivity (Wildman–Crippen MR) is 94.2 cm³/mol. The van der Waals surface area contributed by atoms with Crippen molar-refractivity contribution in [3.63, 3.8) is 0 Å². The van der Waals surface area contributed by atoms with Crippen molar-refractivity contribution in [2.45, 2.75) is 32.3 Å². The van der Waals surface area contributed by atoms with Gasteiger partial charge in [0.2, 0.25) is 0 Å². The molecular formula is C20H25NO2. The number of aliphatic hydroxyl groups is 1. The van der Waals surface area contributed by atoms with Gasteiger partial charge < -0.3 is 9.84 Å². The highest BCUT2D eigenvalue weighted by molar-refractivity contribution is 5.50. The lowest BCUT2D eigenvalue weighted by Gasteiger charge is -2.05. The topological polar surface area (TPSA) is 42.4 Å². The molecule has 3 heteroatoms. The summed E-state index contributed by atoms with van der Waals surface area (Å²) in [5, 5.41) is 9.83. The smallest absolute Gasteiger partial charge is 0.0746 e. The first-order valence-electron chi connectivity index (χ1n) is 8.20. The van der Waals surface area contributed by atoms with E-state index in [0.29, 0.717) is 19.6 Å². The van der Waals surface area contributed by atoms with Crippen LogP contribution in [0.15, 0.2) is 54.9 Å². The number of aliphatic hydroxyl groups excluding tert-OH is 1. The van der Waals surface area contributed by atoms with E-state index in [9.17, 15) is 5.11 Å². The summed E-state index contributed by atoms with van der Waals surface area (Å²) in [6.07, 6.45) is 9.69. The van der Waals surface area contributed by atoms with Crippen molar-refractivity contribution in [1.29, 1.82) is 0 Å². The van der Waals surface area contributed by atoms with Crippen LogP contribution in [-0.2, 0) is 17.6 Å². The summed E-state index contributed by atoms with van der Waals surface area (Å²) < 4.78 is 5.24. The normalized spacial score (nSPS) is 12.6. The molecule has 0 bridgehead atoms. The molecule has 0 fully saturated rings. The largest absolute Gasteiger partial charge is 0.389 e. The van der Waals surface area contributed by atoms with Gasteiger partial charge in [0.25, 0.3) is 0 Å². The summed E-state index contributed by atoms with van der Waals surface area (Å²) in [4.78, 5) is 4.14. The van der Waals surface area contributed by atoms with Crippen molar-refractivity contribution in [2.24, 2.45) is 0 Å². The Kier molecular flexibility index (Phi) is 7.50. The number of ether oxygens (including phenoxy) is 1. The number of rotatable bonds is 9. The minimum Gasteiger partial charge on any atom is -0.389 e. The van der Waals surface area contributed by atoms with E-state index in [-0.39, 0.29) is 0 Å². The highest BCUT2D eigenvalue weighted by atomic mass is 16.5. The molecule has 23 heavy (non-hydrogen) atoms. The number of pyridine rings is 1. The van der Waals surface area contributed by atoms with Crippen LogP contribution in [0, 0.1) is 0 Å². The first-order chi connectivity index (χ1) is 11.3. The van der Waals surface area contributed by atoms with E-state index in [2.05, 4.69) is 35.3 Å². The number of aryl methyl sites for hydroxylation is 2. The second-order valence-corrected chi connectivity index (χ2v) is 5.51. The molecule has 0 aliphatic carbocycles. The Labute approximate surface area is 138 Å². The third-order valence-corrected chi connectivity index (χ3v) is 3.68. The first kappa shape index (κ1) is 17.4. The summed E-state index contributed by atoms with van der Waals surface area (Å²) in [6, 6.07) is 12.5. The summed E-state index contributed by atoms with van der Waals surface area (Å²) >= 11 is 0. The Morgan fingerprint density at radius 2 is 1.91 bits per heavy atom. The van der Waals surface area contributed by atoms with Crippen LogP contribution in [0.3, 0.4) is 0 Å². The molecule has 0 saturated heterocycles. The van der Waals surface area contributed by atoms with Crippen LogP contribution in [0.1, 0.15) is 30.0 Å². The molecule has 1 heterocycles. The Balaban J connectivity index is 1.79. The monoisotopic (exact) mass is 311 g/mol. The summed E-state index contributed by atoms with van der Waals surface area (Å²) in [5.74, 6) is 0. The van der Waals surface area contributed by atoms with Gasteiger partial charge in [0, 0.05) is 32.0 Å². The second-order valence-electron chi connectivity index (χ2n) is 5.51. The molecule has 1 atom stereocenters. The lowest BCUT2D eigenvalue weighted by Crippen LogP contribution is -2.06. The van der Waals surface area contributed by atoms with Gasteiger partial charge in [-0.05, 0) is 42.5 Å². The molecule has 2 rings (SSSR count). The van der Waals surface area contributed by atoms with Gasteiger partial charge in [-0.1, -0.05) is 42.5 Å². The summed E-state index contributed by atoms with van der Waals surface area (Å²) in [6.45, 7) is 3.24. The lowest BCUT2D eigenvalue weighted by molar-refractivity contribution is 0.107. The van der Waals surface area contributed by atoms with Crippen molar-refractivity contribution in [2.75, 3.05) is 13.2 Å². The quantitative estimate of drug-likeness (QED) is 0.719. The van der Waals surface area contributed by atoms with E-state index in [0.717, 1.165) is 18.4 Å². The van der Waals surface area contributed by atoms with Crippen LogP contribution >= 0.6 is 0 Å². The second kappa shape index (κ2) is 9.93. The highest BCUT2D eigenvalue weighted by Crippen LogP contribution is 2.10. The van der Waals surface area contributed by atoms with Gasteiger partial charge in [-0.2, -0.15) is 0 Å². The standard InChI is InChI=1S/C20H25NO2/c1-2-23-15-13-20(22)12-11-18-7-5-17(6-8-18)9-10-19-4-3-14-21-16-19/h3-8,11-12,14,16,20,22H,2,9-10,13,15H2,1H3/b12-11+. The molecule has 0 aliphatic rings. The molecule has 0 amide bonds. The Morgan fingerprint density at radius 1 is 1.13 bits per heavy atom. The van der Waals surface area contributed by atoms with Crippen molar-refractivity contribution in [3.05, 3.63) is 71.6 Å². The minimum atomic E-state index is -0.452. The maximum Gasteiger partial charge on any atom is 0.0746 e. The van der Waals surface area contributed by atoms with Gasteiger partial charge >= 0.3 is 0 Å². The van der Waals surface area contributed by atoms with E-state index in [1.54, 1.807) is 6.20 Å². The van der Waals surface area contributed by atoms with E-state index in [1.165, 1.54) is 11.1 Å². The molecule has 3 nitrogen and oxygen atoms in total. The van der Waals surface area contributed by atoms with Gasteiger partial charge in [-0.25, -0.2) is 0 Å². The molecule has 1 N–H and O–H groups in total. The fourth-order valence-corrected chi connectivity index (χ4v) is 2.30. The SMILES string of the molecule is CCOCCC(O)/C=C/c1ccc(CCc2cccnc2)cc1. The van der Waals surface area contributed by atoms with Gasteiger partial charge in [-0.3, -0.25) is 4.98 Å². The van der Waals surface area contributed by atoms with Gasteiger partial charge in [0.05, 0.1) is 6.10 Å². The number of nitrogens with zero attached hydrogens (tertiary/aromatic N) is 1. The molecule has 2 aromatic rings.